The van der Waals surface area contributed by atoms with Gasteiger partial charge in [-0.2, -0.15) is 0 Å². The summed E-state index contributed by atoms with van der Waals surface area (Å²) in [4.78, 5) is 12.4. The largest absolute Gasteiger partial charge is 0.325 e. The van der Waals surface area contributed by atoms with Gasteiger partial charge in [-0.25, -0.2) is 8.42 Å². The van der Waals surface area contributed by atoms with Crippen molar-refractivity contribution in [2.75, 3.05) is 22.6 Å². The second-order valence-electron chi connectivity index (χ2n) is 3.93. The maximum Gasteiger partial charge on any atom is 0.234 e. The van der Waals surface area contributed by atoms with Gasteiger partial charge in [0, 0.05) is 5.69 Å². The van der Waals surface area contributed by atoms with Crippen LogP contribution in [0.5, 0.6) is 0 Å². The molecule has 96 valence electrons. The number of carbonyl (C=O) groups is 1. The molecular weight excluding hydrogens is 270 g/mol. The van der Waals surface area contributed by atoms with Gasteiger partial charge in [-0.1, -0.05) is 24.3 Å². The highest BCUT2D eigenvalue weighted by molar-refractivity contribution is 8.05. The van der Waals surface area contributed by atoms with E-state index in [0.717, 1.165) is 10.6 Å². The molecule has 4 nitrogen and oxygen atoms in total. The number of rotatable bonds is 4. The third-order valence-corrected chi connectivity index (χ3v) is 5.07. The Hall–Kier alpha value is -1.27. The molecule has 1 N–H and O–H groups in total. The predicted molar refractivity (Wildman–Crippen MR) is 74.3 cm³/mol. The smallest absolute Gasteiger partial charge is 0.234 e. The maximum absolute atomic E-state index is 11.6. The normalized spacial score (nSPS) is 17.2. The Morgan fingerprint density at radius 1 is 1.28 bits per heavy atom. The number of thioether (sulfide) groups is 1. The fraction of sp³-hybridized carbons (Fsp3) is 0.250. The third kappa shape index (κ3) is 3.89. The molecule has 0 bridgehead atoms. The summed E-state index contributed by atoms with van der Waals surface area (Å²) < 4.78 is 22.4. The minimum absolute atomic E-state index is 0.0658. The van der Waals surface area contributed by atoms with Crippen LogP contribution < -0.4 is 5.32 Å². The third-order valence-electron chi connectivity index (χ3n) is 2.37. The summed E-state index contributed by atoms with van der Waals surface area (Å²) in [5, 5.41) is 2.75. The number of para-hydroxylation sites is 1. The molecule has 1 aliphatic heterocycles. The van der Waals surface area contributed by atoms with Crippen LogP contribution in [0.25, 0.3) is 0 Å². The van der Waals surface area contributed by atoms with E-state index in [1.165, 1.54) is 11.8 Å². The molecule has 0 saturated heterocycles. The van der Waals surface area contributed by atoms with Crippen LogP contribution in [0.4, 0.5) is 5.69 Å². The van der Waals surface area contributed by atoms with Crippen molar-refractivity contribution in [2.45, 2.75) is 0 Å². The summed E-state index contributed by atoms with van der Waals surface area (Å²) >= 11 is 1.28. The first kappa shape index (κ1) is 13.2. The van der Waals surface area contributed by atoms with Gasteiger partial charge in [-0.3, -0.25) is 4.79 Å². The zero-order chi connectivity index (χ0) is 13.0. The average Bonchev–Trinajstić information content (AvgIpc) is 2.68. The predicted octanol–water partition coefficient (Wildman–Crippen LogP) is 1.67. The van der Waals surface area contributed by atoms with E-state index < -0.39 is 9.84 Å². The first-order valence-electron chi connectivity index (χ1n) is 5.42. The van der Waals surface area contributed by atoms with Crippen molar-refractivity contribution in [1.82, 2.24) is 0 Å². The van der Waals surface area contributed by atoms with Gasteiger partial charge in [-0.05, 0) is 17.0 Å². The van der Waals surface area contributed by atoms with Gasteiger partial charge in [0.15, 0.2) is 9.84 Å². The summed E-state index contributed by atoms with van der Waals surface area (Å²) in [5.41, 5.74) is 0.746. The number of hydrogen-bond acceptors (Lipinski definition) is 4. The van der Waals surface area contributed by atoms with Crippen molar-refractivity contribution in [1.29, 1.82) is 0 Å². The van der Waals surface area contributed by atoms with Crippen LogP contribution in [0.3, 0.4) is 0 Å². The molecule has 1 aromatic rings. The second kappa shape index (κ2) is 5.58. The Morgan fingerprint density at radius 2 is 2.00 bits per heavy atom. The van der Waals surface area contributed by atoms with Crippen LogP contribution in [-0.4, -0.2) is 31.6 Å². The van der Waals surface area contributed by atoms with Gasteiger partial charge in [-0.15, -0.1) is 11.8 Å². The molecule has 0 saturated carbocycles. The van der Waals surface area contributed by atoms with Gasteiger partial charge in [0.2, 0.25) is 5.91 Å². The van der Waals surface area contributed by atoms with Gasteiger partial charge >= 0.3 is 0 Å². The van der Waals surface area contributed by atoms with Crippen LogP contribution >= 0.6 is 11.8 Å². The monoisotopic (exact) mass is 283 g/mol. The lowest BCUT2D eigenvalue weighted by atomic mass is 10.3. The molecule has 18 heavy (non-hydrogen) atoms. The van der Waals surface area contributed by atoms with Crippen molar-refractivity contribution >= 4 is 33.2 Å². The molecule has 0 unspecified atom stereocenters. The highest BCUT2D eigenvalue weighted by atomic mass is 32.2. The molecule has 1 amide bonds. The molecule has 0 radical (unpaired) electrons. The fourth-order valence-electron chi connectivity index (χ4n) is 1.53. The first-order chi connectivity index (χ1) is 8.55. The summed E-state index contributed by atoms with van der Waals surface area (Å²) in [5.74, 6) is 0.263. The van der Waals surface area contributed by atoms with Crippen molar-refractivity contribution in [3.8, 4) is 0 Å². The van der Waals surface area contributed by atoms with Crippen molar-refractivity contribution in [3.63, 3.8) is 0 Å². The average molecular weight is 283 g/mol. The van der Waals surface area contributed by atoms with Crippen molar-refractivity contribution < 1.29 is 13.2 Å². The molecular formula is C12H13NO3S2. The number of sulfone groups is 1. The zero-order valence-corrected chi connectivity index (χ0v) is 11.3. The molecule has 0 aliphatic carbocycles. The van der Waals surface area contributed by atoms with Gasteiger partial charge < -0.3 is 5.32 Å². The van der Waals surface area contributed by atoms with Crippen LogP contribution in [0.2, 0.25) is 0 Å². The summed E-state index contributed by atoms with van der Waals surface area (Å²) in [6, 6.07) is 9.17. The van der Waals surface area contributed by atoms with Gasteiger partial charge in [0.25, 0.3) is 0 Å². The highest BCUT2D eigenvalue weighted by Gasteiger charge is 2.20. The van der Waals surface area contributed by atoms with E-state index in [4.69, 9.17) is 0 Å². The summed E-state index contributed by atoms with van der Waals surface area (Å²) in [6.45, 7) is 0. The van der Waals surface area contributed by atoms with Crippen LogP contribution in [-0.2, 0) is 14.6 Å². The lowest BCUT2D eigenvalue weighted by Gasteiger charge is -2.04. The maximum atomic E-state index is 11.6. The topological polar surface area (TPSA) is 63.2 Å². The molecule has 0 spiro atoms. The van der Waals surface area contributed by atoms with Crippen LogP contribution in [0.15, 0.2) is 41.3 Å². The van der Waals surface area contributed by atoms with E-state index in [9.17, 15) is 13.2 Å². The highest BCUT2D eigenvalue weighted by Crippen LogP contribution is 2.23. The number of benzene rings is 1. The zero-order valence-electron chi connectivity index (χ0n) is 9.63. The quantitative estimate of drug-likeness (QED) is 0.913. The van der Waals surface area contributed by atoms with Crippen molar-refractivity contribution in [3.05, 3.63) is 41.3 Å². The minimum Gasteiger partial charge on any atom is -0.325 e. The lowest BCUT2D eigenvalue weighted by molar-refractivity contribution is -0.113. The van der Waals surface area contributed by atoms with E-state index >= 15 is 0 Å². The van der Waals surface area contributed by atoms with E-state index in [1.54, 1.807) is 6.08 Å². The Bertz CT molecular complexity index is 564. The Labute approximate surface area is 110 Å². The van der Waals surface area contributed by atoms with E-state index in [0.29, 0.717) is 0 Å². The Balaban J connectivity index is 1.80. The van der Waals surface area contributed by atoms with E-state index in [1.807, 2.05) is 30.3 Å². The van der Waals surface area contributed by atoms with Crippen molar-refractivity contribution in [2.24, 2.45) is 0 Å². The number of amides is 1. The van der Waals surface area contributed by atoms with E-state index in [2.05, 4.69) is 5.32 Å². The number of carbonyl (C=O) groups excluding carboxylic acids is 1. The number of anilines is 1. The number of nitrogens with one attached hydrogen (secondary N) is 1. The standard InChI is InChI=1S/C12H13NO3S2/c14-12(13-10-4-2-1-3-5-10)8-17-11-6-7-18(15,16)9-11/h1-6H,7-9H2,(H,13,14). The molecule has 0 fully saturated rings. The Kier molecular flexibility index (Phi) is 4.08. The molecule has 1 aromatic carbocycles. The van der Waals surface area contributed by atoms with Crippen LogP contribution in [0.1, 0.15) is 0 Å². The second-order valence-corrected chi connectivity index (χ2v) is 7.14. The van der Waals surface area contributed by atoms with E-state index in [-0.39, 0.29) is 23.2 Å². The Morgan fingerprint density at radius 3 is 2.61 bits per heavy atom. The van der Waals surface area contributed by atoms with Gasteiger partial charge in [0.05, 0.1) is 17.3 Å². The van der Waals surface area contributed by atoms with Gasteiger partial charge in [0.1, 0.15) is 0 Å². The molecule has 0 atom stereocenters. The molecule has 2 rings (SSSR count). The lowest BCUT2D eigenvalue weighted by Crippen LogP contribution is -2.14. The van der Waals surface area contributed by atoms with Crippen LogP contribution in [0, 0.1) is 0 Å². The number of hydrogen-bond donors (Lipinski definition) is 1. The summed E-state index contributed by atoms with van der Waals surface area (Å²) in [6.07, 6.45) is 1.68. The molecule has 0 aromatic heterocycles. The molecule has 6 heteroatoms. The fourth-order valence-corrected chi connectivity index (χ4v) is 4.22. The minimum atomic E-state index is -2.95. The molecule has 1 heterocycles. The molecule has 1 aliphatic rings. The first-order valence-corrected chi connectivity index (χ1v) is 8.23. The SMILES string of the molecule is O=C(CSC1=CCS(=O)(=O)C1)Nc1ccccc1. The summed E-state index contributed by atoms with van der Waals surface area (Å²) in [7, 11) is -2.95.